The summed E-state index contributed by atoms with van der Waals surface area (Å²) in [5, 5.41) is 5.90. The van der Waals surface area contributed by atoms with E-state index in [0.717, 1.165) is 93.6 Å². The number of furan rings is 3. The van der Waals surface area contributed by atoms with Crippen LogP contribution in [-0.2, 0) is 5.41 Å². The number of fused-ring (bicyclic) bond motifs is 12. The summed E-state index contributed by atoms with van der Waals surface area (Å²) in [4.78, 5) is 15.9. The maximum atomic E-state index is 6.58. The molecule has 13 aromatic rings. The van der Waals surface area contributed by atoms with Crippen molar-refractivity contribution >= 4 is 65.8 Å². The van der Waals surface area contributed by atoms with Gasteiger partial charge in [0.1, 0.15) is 33.5 Å². The monoisotopic (exact) mass is 847 g/mol. The summed E-state index contributed by atoms with van der Waals surface area (Å²) in [5.41, 5.74) is 17.1. The van der Waals surface area contributed by atoms with E-state index in [9.17, 15) is 0 Å². The predicted octanol–water partition coefficient (Wildman–Crippen LogP) is 16.2. The second-order valence-electron chi connectivity index (χ2n) is 17.9. The molecule has 6 heteroatoms. The normalized spacial score (nSPS) is 13.1. The minimum atomic E-state index is -0.0563. The van der Waals surface area contributed by atoms with E-state index in [1.807, 2.05) is 72.8 Å². The first kappa shape index (κ1) is 36.8. The second kappa shape index (κ2) is 13.7. The summed E-state index contributed by atoms with van der Waals surface area (Å²) >= 11 is 0. The van der Waals surface area contributed by atoms with Crippen LogP contribution in [0.2, 0.25) is 0 Å². The van der Waals surface area contributed by atoms with E-state index in [1.165, 1.54) is 33.4 Å². The van der Waals surface area contributed by atoms with Crippen molar-refractivity contribution in [1.29, 1.82) is 0 Å². The van der Waals surface area contributed by atoms with E-state index >= 15 is 0 Å². The lowest BCUT2D eigenvalue weighted by Crippen LogP contribution is -2.14. The zero-order valence-corrected chi connectivity index (χ0v) is 36.0. The van der Waals surface area contributed by atoms with E-state index in [0.29, 0.717) is 17.5 Å². The molecule has 0 amide bonds. The van der Waals surface area contributed by atoms with E-state index in [4.69, 9.17) is 28.2 Å². The molecule has 310 valence electrons. The fourth-order valence-corrected chi connectivity index (χ4v) is 10.6. The molecule has 0 aliphatic heterocycles. The summed E-state index contributed by atoms with van der Waals surface area (Å²) < 4.78 is 19.5. The van der Waals surface area contributed by atoms with Crippen LogP contribution in [0.3, 0.4) is 0 Å². The number of rotatable bonds is 5. The molecule has 4 aromatic heterocycles. The highest BCUT2D eigenvalue weighted by molar-refractivity contribution is 6.14. The van der Waals surface area contributed by atoms with Crippen LogP contribution in [0.15, 0.2) is 201 Å². The molecule has 0 atom stereocenters. The van der Waals surface area contributed by atoms with Gasteiger partial charge in [0.05, 0.1) is 5.56 Å². The fourth-order valence-electron chi connectivity index (χ4n) is 10.6. The Labute approximate surface area is 378 Å². The molecule has 0 radical (unpaired) electrons. The summed E-state index contributed by atoms with van der Waals surface area (Å²) in [6, 6.07) is 65.5. The van der Waals surface area contributed by atoms with Gasteiger partial charge in [-0.1, -0.05) is 153 Å². The minimum Gasteiger partial charge on any atom is -0.456 e. The molecule has 0 N–H and O–H groups in total. The van der Waals surface area contributed by atoms with Gasteiger partial charge >= 0.3 is 0 Å². The first-order valence-electron chi connectivity index (χ1n) is 22.3. The summed E-state index contributed by atoms with van der Waals surface area (Å²) in [7, 11) is 0. The molecule has 0 saturated carbocycles. The molecule has 6 nitrogen and oxygen atoms in total. The van der Waals surface area contributed by atoms with E-state index in [-0.39, 0.29) is 5.41 Å². The average molecular weight is 848 g/mol. The van der Waals surface area contributed by atoms with Crippen molar-refractivity contribution in [2.45, 2.75) is 19.3 Å². The number of hydrogen-bond acceptors (Lipinski definition) is 6. The van der Waals surface area contributed by atoms with E-state index in [2.05, 4.69) is 129 Å². The van der Waals surface area contributed by atoms with Crippen LogP contribution in [0.25, 0.3) is 133 Å². The van der Waals surface area contributed by atoms with Crippen LogP contribution >= 0.6 is 0 Å². The Bertz CT molecular complexity index is 4150. The fraction of sp³-hybridized carbons (Fsp3) is 0.0500. The van der Waals surface area contributed by atoms with Crippen LogP contribution < -0.4 is 0 Å². The minimum absolute atomic E-state index is 0.0563. The maximum absolute atomic E-state index is 6.58. The van der Waals surface area contributed by atoms with Gasteiger partial charge in [-0.3, -0.25) is 0 Å². The molecule has 0 saturated heterocycles. The SMILES string of the molecule is CC1(C)c2ccccc2-c2ccc(-c3ccc(-c4ccc5oc6cccc(-c7nc(-c8cccc9c8oc8ccccc89)nc(-c8cccc9oc%10ccccc%10c89)n7)c6c5c4)cc3)cc21. The number of nitrogens with zero attached hydrogens (tertiary/aromatic N) is 3. The molecule has 9 aromatic carbocycles. The largest absolute Gasteiger partial charge is 0.456 e. The highest BCUT2D eigenvalue weighted by Gasteiger charge is 2.35. The van der Waals surface area contributed by atoms with Crippen molar-refractivity contribution in [3.63, 3.8) is 0 Å². The number of benzene rings is 9. The lowest BCUT2D eigenvalue weighted by molar-refractivity contribution is 0.660. The summed E-state index contributed by atoms with van der Waals surface area (Å²) in [5.74, 6) is 1.56. The number of hydrogen-bond donors (Lipinski definition) is 0. The van der Waals surface area contributed by atoms with Gasteiger partial charge in [0.15, 0.2) is 17.5 Å². The third kappa shape index (κ3) is 5.39. The topological polar surface area (TPSA) is 78.1 Å². The van der Waals surface area contributed by atoms with Gasteiger partial charge < -0.3 is 13.3 Å². The van der Waals surface area contributed by atoms with Gasteiger partial charge in [0, 0.05) is 48.9 Å². The van der Waals surface area contributed by atoms with Crippen LogP contribution in [0.4, 0.5) is 0 Å². The van der Waals surface area contributed by atoms with Gasteiger partial charge in [-0.2, -0.15) is 0 Å². The molecule has 4 heterocycles. The molecule has 0 fully saturated rings. The Morgan fingerprint density at radius 2 is 0.788 bits per heavy atom. The molecule has 0 bridgehead atoms. The first-order valence-corrected chi connectivity index (χ1v) is 22.3. The van der Waals surface area contributed by atoms with Crippen molar-refractivity contribution in [1.82, 2.24) is 15.0 Å². The van der Waals surface area contributed by atoms with E-state index in [1.54, 1.807) is 0 Å². The summed E-state index contributed by atoms with van der Waals surface area (Å²) in [6.07, 6.45) is 0. The molecule has 1 aliphatic rings. The Morgan fingerprint density at radius 1 is 0.318 bits per heavy atom. The van der Waals surface area contributed by atoms with Crippen LogP contribution in [-0.4, -0.2) is 15.0 Å². The lowest BCUT2D eigenvalue weighted by Gasteiger charge is -2.22. The molecule has 66 heavy (non-hydrogen) atoms. The third-order valence-electron chi connectivity index (χ3n) is 13.8. The number of aromatic nitrogens is 3. The van der Waals surface area contributed by atoms with Crippen LogP contribution in [0, 0.1) is 0 Å². The van der Waals surface area contributed by atoms with Crippen molar-refractivity contribution in [3.05, 3.63) is 199 Å². The quantitative estimate of drug-likeness (QED) is 0.172. The second-order valence-corrected chi connectivity index (χ2v) is 17.9. The molecule has 0 spiro atoms. The molecule has 1 aliphatic carbocycles. The predicted molar refractivity (Wildman–Crippen MR) is 266 cm³/mol. The zero-order valence-electron chi connectivity index (χ0n) is 36.0. The van der Waals surface area contributed by atoms with Crippen molar-refractivity contribution in [2.75, 3.05) is 0 Å². The van der Waals surface area contributed by atoms with Gasteiger partial charge in [-0.15, -0.1) is 0 Å². The van der Waals surface area contributed by atoms with Crippen molar-refractivity contribution < 1.29 is 13.3 Å². The zero-order chi connectivity index (χ0) is 43.7. The maximum Gasteiger partial charge on any atom is 0.167 e. The highest BCUT2D eigenvalue weighted by atomic mass is 16.3. The van der Waals surface area contributed by atoms with Crippen LogP contribution in [0.1, 0.15) is 25.0 Å². The average Bonchev–Trinajstić information content (AvgIpc) is 4.11. The Hall–Kier alpha value is -8.61. The Morgan fingerprint density at radius 3 is 1.52 bits per heavy atom. The molecular formula is C60H37N3O3. The first-order chi connectivity index (χ1) is 32.4. The smallest absolute Gasteiger partial charge is 0.167 e. The lowest BCUT2D eigenvalue weighted by atomic mass is 9.81. The van der Waals surface area contributed by atoms with Crippen LogP contribution in [0.5, 0.6) is 0 Å². The van der Waals surface area contributed by atoms with E-state index < -0.39 is 0 Å². The van der Waals surface area contributed by atoms with Crippen molar-refractivity contribution in [2.24, 2.45) is 0 Å². The standard InChI is InChI=1S/C60H37N3O3/c1-60(2)47-19-6-3-12-38(47)39-30-28-37(33-48(39)60)35-26-24-34(25-27-35)36-29-31-51-46(32-36)55-44(17-11-23-53(55)65-51)58-61-57(43-16-10-22-52-54(43)42-14-5-8-21-50(42)64-52)62-59(63-58)45-18-9-15-41-40-13-4-7-20-49(40)66-56(41)45/h3-33H,1-2H3. The third-order valence-corrected chi connectivity index (χ3v) is 13.8. The molecule has 14 rings (SSSR count). The molecule has 0 unspecified atom stereocenters. The van der Waals surface area contributed by atoms with Gasteiger partial charge in [0.25, 0.3) is 0 Å². The van der Waals surface area contributed by atoms with Gasteiger partial charge in [-0.25, -0.2) is 15.0 Å². The van der Waals surface area contributed by atoms with Crippen molar-refractivity contribution in [3.8, 4) is 67.5 Å². The van der Waals surface area contributed by atoms with Gasteiger partial charge in [0.2, 0.25) is 0 Å². The van der Waals surface area contributed by atoms with Gasteiger partial charge in [-0.05, 0) is 93.0 Å². The Kier molecular flexibility index (Phi) is 7.64. The Balaban J connectivity index is 0.920. The molecular weight excluding hydrogens is 811 g/mol. The number of para-hydroxylation sites is 3. The highest BCUT2D eigenvalue weighted by Crippen LogP contribution is 2.50. The summed E-state index contributed by atoms with van der Waals surface area (Å²) in [6.45, 7) is 4.66.